The van der Waals surface area contributed by atoms with Gasteiger partial charge in [-0.1, -0.05) is 12.8 Å². The normalized spacial score (nSPS) is 11.4. The first-order valence-corrected chi connectivity index (χ1v) is 5.34. The van der Waals surface area contributed by atoms with E-state index in [1.54, 1.807) is 6.92 Å². The summed E-state index contributed by atoms with van der Waals surface area (Å²) in [6.07, 6.45) is 5.69. The molecule has 0 bridgehead atoms. The lowest BCUT2D eigenvalue weighted by atomic mass is 10.1. The fourth-order valence-corrected chi connectivity index (χ4v) is 1.45. The van der Waals surface area contributed by atoms with E-state index in [9.17, 15) is 19.3 Å². The van der Waals surface area contributed by atoms with Gasteiger partial charge in [0.15, 0.2) is 5.82 Å². The summed E-state index contributed by atoms with van der Waals surface area (Å²) in [5.74, 6) is -0.0818. The molecule has 0 heterocycles. The lowest BCUT2D eigenvalue weighted by molar-refractivity contribution is -0.385. The van der Waals surface area contributed by atoms with Crippen LogP contribution in [0, 0.1) is 28.3 Å². The first kappa shape index (κ1) is 14.4. The molecule has 0 aromatic heterocycles. The zero-order valence-corrected chi connectivity index (χ0v) is 10.0. The number of aromatic carboxylic acids is 1. The maximum absolute atomic E-state index is 13.7. The molecule has 0 saturated carbocycles. The van der Waals surface area contributed by atoms with Gasteiger partial charge in [0, 0.05) is 0 Å². The third-order valence-electron chi connectivity index (χ3n) is 2.45. The molecule has 0 aliphatic heterocycles. The molecule has 1 aromatic carbocycles. The average molecular weight is 266 g/mol. The Balaban J connectivity index is 3.29. The predicted molar refractivity (Wildman–Crippen MR) is 66.5 cm³/mol. The Hall–Kier alpha value is -2.62. The van der Waals surface area contributed by atoms with Gasteiger partial charge in [0.25, 0.3) is 5.69 Å². The van der Waals surface area contributed by atoms with Gasteiger partial charge in [-0.3, -0.25) is 10.1 Å². The topological polar surface area (TPSA) is 92.5 Å². The summed E-state index contributed by atoms with van der Waals surface area (Å²) >= 11 is 0. The predicted octanol–water partition coefficient (Wildman–Crippen LogP) is 2.26. The molecule has 0 spiro atoms. The van der Waals surface area contributed by atoms with Crippen molar-refractivity contribution in [1.82, 2.24) is 0 Å². The van der Waals surface area contributed by atoms with Crippen molar-refractivity contribution in [3.05, 3.63) is 33.6 Å². The maximum Gasteiger partial charge on any atom is 0.342 e. The van der Waals surface area contributed by atoms with E-state index in [0.29, 0.717) is 12.5 Å². The SMILES string of the molecule is C#CC(CC)Nc1cc(C(=O)O)c([N+](=O)[O-])cc1F. The highest BCUT2D eigenvalue weighted by atomic mass is 19.1. The number of nitrogens with zero attached hydrogens (tertiary/aromatic N) is 1. The van der Waals surface area contributed by atoms with Gasteiger partial charge in [-0.2, -0.15) is 0 Å². The summed E-state index contributed by atoms with van der Waals surface area (Å²) in [5, 5.41) is 22.1. The fourth-order valence-electron chi connectivity index (χ4n) is 1.45. The van der Waals surface area contributed by atoms with E-state index in [1.165, 1.54) is 0 Å². The Labute approximate surface area is 108 Å². The highest BCUT2D eigenvalue weighted by Crippen LogP contribution is 2.26. The van der Waals surface area contributed by atoms with E-state index >= 15 is 0 Å². The molecule has 0 radical (unpaired) electrons. The van der Waals surface area contributed by atoms with Crippen LogP contribution in [0.2, 0.25) is 0 Å². The van der Waals surface area contributed by atoms with Crippen molar-refractivity contribution < 1.29 is 19.2 Å². The van der Waals surface area contributed by atoms with Crippen LogP contribution >= 0.6 is 0 Å². The highest BCUT2D eigenvalue weighted by Gasteiger charge is 2.23. The molecule has 1 aromatic rings. The Morgan fingerprint density at radius 1 is 1.68 bits per heavy atom. The Kier molecular flexibility index (Phi) is 4.42. The van der Waals surface area contributed by atoms with Crippen molar-refractivity contribution in [3.8, 4) is 12.3 Å². The number of hydrogen-bond acceptors (Lipinski definition) is 4. The second-order valence-electron chi connectivity index (χ2n) is 3.68. The zero-order valence-electron chi connectivity index (χ0n) is 10.0. The molecule has 2 N–H and O–H groups in total. The second kappa shape index (κ2) is 5.82. The van der Waals surface area contributed by atoms with Crippen LogP contribution < -0.4 is 5.32 Å². The van der Waals surface area contributed by atoms with E-state index in [0.717, 1.165) is 6.07 Å². The Morgan fingerprint density at radius 3 is 2.74 bits per heavy atom. The molecule has 1 rings (SSSR count). The average Bonchev–Trinajstić information content (AvgIpc) is 2.36. The Bertz CT molecular complexity index is 566. The number of nitro benzene ring substituents is 1. The van der Waals surface area contributed by atoms with Gasteiger partial charge in [-0.15, -0.1) is 6.42 Å². The van der Waals surface area contributed by atoms with Gasteiger partial charge in [0.1, 0.15) is 5.56 Å². The number of hydrogen-bond donors (Lipinski definition) is 2. The molecule has 0 amide bonds. The first-order chi connectivity index (χ1) is 8.90. The number of rotatable bonds is 5. The third kappa shape index (κ3) is 3.19. The van der Waals surface area contributed by atoms with Crippen LogP contribution in [0.15, 0.2) is 12.1 Å². The van der Waals surface area contributed by atoms with Gasteiger partial charge in [0.05, 0.1) is 22.7 Å². The number of carbonyl (C=O) groups is 1. The standard InChI is InChI=1S/C12H11FN2O4/c1-3-7(4-2)14-10-5-8(12(16)17)11(15(18)19)6-9(10)13/h1,5-7,14H,4H2,2H3,(H,16,17). The molecule has 0 fully saturated rings. The van der Waals surface area contributed by atoms with Crippen molar-refractivity contribution in [1.29, 1.82) is 0 Å². The first-order valence-electron chi connectivity index (χ1n) is 5.34. The van der Waals surface area contributed by atoms with Gasteiger partial charge >= 0.3 is 5.97 Å². The largest absolute Gasteiger partial charge is 0.477 e. The van der Waals surface area contributed by atoms with Crippen molar-refractivity contribution in [2.75, 3.05) is 5.32 Å². The molecule has 0 aliphatic rings. The van der Waals surface area contributed by atoms with E-state index in [-0.39, 0.29) is 5.69 Å². The molecule has 0 saturated heterocycles. The number of nitro groups is 1. The van der Waals surface area contributed by atoms with E-state index in [4.69, 9.17) is 11.5 Å². The van der Waals surface area contributed by atoms with Crippen LogP contribution in [0.4, 0.5) is 15.8 Å². The van der Waals surface area contributed by atoms with Crippen LogP contribution in [-0.2, 0) is 0 Å². The summed E-state index contributed by atoms with van der Waals surface area (Å²) in [6.45, 7) is 1.76. The van der Waals surface area contributed by atoms with E-state index < -0.39 is 34.0 Å². The molecule has 1 atom stereocenters. The number of anilines is 1. The fraction of sp³-hybridized carbons (Fsp3) is 0.250. The molecule has 19 heavy (non-hydrogen) atoms. The van der Waals surface area contributed by atoms with Gasteiger partial charge < -0.3 is 10.4 Å². The van der Waals surface area contributed by atoms with Crippen molar-refractivity contribution in [2.24, 2.45) is 0 Å². The quantitative estimate of drug-likeness (QED) is 0.484. The number of nitrogens with one attached hydrogen (secondary N) is 1. The number of carboxylic acid groups (broad SMARTS) is 1. The van der Waals surface area contributed by atoms with Crippen molar-refractivity contribution in [3.63, 3.8) is 0 Å². The summed E-state index contributed by atoms with van der Waals surface area (Å²) in [7, 11) is 0. The summed E-state index contributed by atoms with van der Waals surface area (Å²) in [4.78, 5) is 20.6. The van der Waals surface area contributed by atoms with E-state index in [1.807, 2.05) is 0 Å². The minimum absolute atomic E-state index is 0.173. The highest BCUT2D eigenvalue weighted by molar-refractivity contribution is 5.93. The van der Waals surface area contributed by atoms with Crippen LogP contribution in [0.3, 0.4) is 0 Å². The van der Waals surface area contributed by atoms with Crippen molar-refractivity contribution in [2.45, 2.75) is 19.4 Å². The number of benzene rings is 1. The molecular weight excluding hydrogens is 255 g/mol. The lowest BCUT2D eigenvalue weighted by Gasteiger charge is -2.13. The van der Waals surface area contributed by atoms with Crippen molar-refractivity contribution >= 4 is 17.3 Å². The second-order valence-corrected chi connectivity index (χ2v) is 3.68. The minimum atomic E-state index is -1.51. The minimum Gasteiger partial charge on any atom is -0.477 e. The van der Waals surface area contributed by atoms with Crippen LogP contribution in [0.5, 0.6) is 0 Å². The molecule has 0 aliphatic carbocycles. The number of halogens is 1. The van der Waals surface area contributed by atoms with E-state index in [2.05, 4.69) is 11.2 Å². The number of carboxylic acids is 1. The van der Waals surface area contributed by atoms with Gasteiger partial charge in [0.2, 0.25) is 0 Å². The molecule has 100 valence electrons. The molecular formula is C12H11FN2O4. The lowest BCUT2D eigenvalue weighted by Crippen LogP contribution is -2.17. The monoisotopic (exact) mass is 266 g/mol. The zero-order chi connectivity index (χ0) is 14.6. The summed E-state index contributed by atoms with van der Waals surface area (Å²) < 4.78 is 13.7. The molecule has 7 heteroatoms. The molecule has 6 nitrogen and oxygen atoms in total. The van der Waals surface area contributed by atoms with Gasteiger partial charge in [-0.25, -0.2) is 9.18 Å². The molecule has 1 unspecified atom stereocenters. The van der Waals surface area contributed by atoms with Gasteiger partial charge in [-0.05, 0) is 12.5 Å². The summed E-state index contributed by atoms with van der Waals surface area (Å²) in [5.41, 5.74) is -1.57. The third-order valence-corrected chi connectivity index (χ3v) is 2.45. The summed E-state index contributed by atoms with van der Waals surface area (Å²) in [6, 6.07) is 0.947. The Morgan fingerprint density at radius 2 is 2.32 bits per heavy atom. The van der Waals surface area contributed by atoms with Crippen LogP contribution in [0.25, 0.3) is 0 Å². The van der Waals surface area contributed by atoms with Crippen LogP contribution in [-0.4, -0.2) is 22.0 Å². The van der Waals surface area contributed by atoms with Crippen LogP contribution in [0.1, 0.15) is 23.7 Å². The maximum atomic E-state index is 13.7. The smallest absolute Gasteiger partial charge is 0.342 e. The number of terminal acetylenes is 1.